The number of nitrogens with zero attached hydrogens (tertiary/aromatic N) is 2. The quantitative estimate of drug-likeness (QED) is 0.294. The van der Waals surface area contributed by atoms with Gasteiger partial charge in [0.2, 0.25) is 5.91 Å². The Morgan fingerprint density at radius 3 is 2.44 bits per heavy atom. The van der Waals surface area contributed by atoms with E-state index in [1.54, 1.807) is 41.4 Å². The maximum atomic E-state index is 12.8. The van der Waals surface area contributed by atoms with E-state index in [-0.39, 0.29) is 17.6 Å². The summed E-state index contributed by atoms with van der Waals surface area (Å²) in [6.45, 7) is 1.49. The number of carbonyl (C=O) groups excluding carboxylic acids is 2. The van der Waals surface area contributed by atoms with Crippen LogP contribution < -0.4 is 4.74 Å². The van der Waals surface area contributed by atoms with E-state index in [9.17, 15) is 9.59 Å². The molecule has 1 saturated heterocycles. The number of ketones is 1. The van der Waals surface area contributed by atoms with E-state index in [0.29, 0.717) is 48.1 Å². The molecule has 34 heavy (non-hydrogen) atoms. The van der Waals surface area contributed by atoms with Gasteiger partial charge in [-0.05, 0) is 66.9 Å². The van der Waals surface area contributed by atoms with Crippen LogP contribution in [0, 0.1) is 5.92 Å². The number of carbonyl (C=O) groups is 2. The third-order valence-corrected chi connectivity index (χ3v) is 6.53. The molecule has 0 atom stereocenters. The molecule has 0 bridgehead atoms. The standard InChI is InChI=1S/C27H24Cl2N2O3/c28-24-10-7-21(17-25(24)29)27(33)20-12-15-31(16-13-20)26(32)11-6-19-4-8-23(9-5-19)34-18-22-3-1-2-14-30-22/h1-11,14,17,20H,12-13,15-16,18H2. The largest absolute Gasteiger partial charge is 0.487 e. The highest BCUT2D eigenvalue weighted by molar-refractivity contribution is 6.42. The first-order chi connectivity index (χ1) is 16.5. The summed E-state index contributed by atoms with van der Waals surface area (Å²) in [5, 5.41) is 0.801. The molecule has 5 nitrogen and oxygen atoms in total. The lowest BCUT2D eigenvalue weighted by Gasteiger charge is -2.30. The number of rotatable bonds is 7. The molecular weight excluding hydrogens is 471 g/mol. The lowest BCUT2D eigenvalue weighted by atomic mass is 9.89. The molecule has 0 spiro atoms. The molecule has 174 valence electrons. The maximum Gasteiger partial charge on any atom is 0.246 e. The van der Waals surface area contributed by atoms with Crippen LogP contribution in [0.1, 0.15) is 34.5 Å². The first-order valence-corrected chi connectivity index (χ1v) is 11.8. The number of pyridine rings is 1. The van der Waals surface area contributed by atoms with Crippen LogP contribution in [0.5, 0.6) is 5.75 Å². The fourth-order valence-corrected chi connectivity index (χ4v) is 4.13. The van der Waals surface area contributed by atoms with Crippen LogP contribution in [0.15, 0.2) is 72.9 Å². The van der Waals surface area contributed by atoms with E-state index >= 15 is 0 Å². The molecule has 1 aliphatic rings. The Morgan fingerprint density at radius 1 is 1.00 bits per heavy atom. The van der Waals surface area contributed by atoms with Gasteiger partial charge in [-0.3, -0.25) is 14.6 Å². The van der Waals surface area contributed by atoms with Gasteiger partial charge in [0.15, 0.2) is 5.78 Å². The van der Waals surface area contributed by atoms with Crippen LogP contribution in [0.25, 0.3) is 6.08 Å². The van der Waals surface area contributed by atoms with Crippen molar-refractivity contribution in [3.63, 3.8) is 0 Å². The predicted molar refractivity (Wildman–Crippen MR) is 134 cm³/mol. The van der Waals surface area contributed by atoms with Crippen molar-refractivity contribution in [1.29, 1.82) is 0 Å². The molecule has 0 aliphatic carbocycles. The second kappa shape index (κ2) is 11.3. The van der Waals surface area contributed by atoms with Gasteiger partial charge < -0.3 is 9.64 Å². The molecule has 0 saturated carbocycles. The summed E-state index contributed by atoms with van der Waals surface area (Å²) >= 11 is 12.0. The average molecular weight is 495 g/mol. The van der Waals surface area contributed by atoms with Gasteiger partial charge >= 0.3 is 0 Å². The van der Waals surface area contributed by atoms with Crippen molar-refractivity contribution in [2.45, 2.75) is 19.4 Å². The molecule has 0 unspecified atom stereocenters. The topological polar surface area (TPSA) is 59.5 Å². The molecule has 1 amide bonds. The molecule has 1 aromatic heterocycles. The van der Waals surface area contributed by atoms with Crippen LogP contribution in [-0.2, 0) is 11.4 Å². The maximum absolute atomic E-state index is 12.8. The predicted octanol–water partition coefficient (Wildman–Crippen LogP) is 6.10. The molecule has 4 rings (SSSR count). The molecule has 2 heterocycles. The molecule has 1 fully saturated rings. The van der Waals surface area contributed by atoms with Crippen LogP contribution >= 0.6 is 23.2 Å². The number of ether oxygens (including phenoxy) is 1. The zero-order valence-corrected chi connectivity index (χ0v) is 20.0. The molecular formula is C27H24Cl2N2O3. The fourth-order valence-electron chi connectivity index (χ4n) is 3.84. The Bertz CT molecular complexity index is 1170. The van der Waals surface area contributed by atoms with Gasteiger partial charge in [0, 0.05) is 36.8 Å². The normalized spacial score (nSPS) is 14.4. The van der Waals surface area contributed by atoms with Crippen LogP contribution in [0.2, 0.25) is 10.0 Å². The third-order valence-electron chi connectivity index (χ3n) is 5.79. The number of hydrogen-bond donors (Lipinski definition) is 0. The summed E-state index contributed by atoms with van der Waals surface area (Å²) in [6, 6.07) is 18.2. The van der Waals surface area contributed by atoms with E-state index in [0.717, 1.165) is 17.0 Å². The van der Waals surface area contributed by atoms with Crippen molar-refractivity contribution in [2.75, 3.05) is 13.1 Å². The molecule has 2 aromatic carbocycles. The number of hydrogen-bond acceptors (Lipinski definition) is 4. The Kier molecular flexibility index (Phi) is 7.99. The highest BCUT2D eigenvalue weighted by atomic mass is 35.5. The minimum Gasteiger partial charge on any atom is -0.487 e. The summed E-state index contributed by atoms with van der Waals surface area (Å²) in [6.07, 6.45) is 6.35. The zero-order chi connectivity index (χ0) is 23.9. The minimum absolute atomic E-state index is 0.0477. The Hall–Kier alpha value is -3.15. The van der Waals surface area contributed by atoms with Crippen molar-refractivity contribution < 1.29 is 14.3 Å². The zero-order valence-electron chi connectivity index (χ0n) is 18.5. The molecule has 0 radical (unpaired) electrons. The smallest absolute Gasteiger partial charge is 0.246 e. The first-order valence-electron chi connectivity index (χ1n) is 11.1. The Morgan fingerprint density at radius 2 is 1.76 bits per heavy atom. The highest BCUT2D eigenvalue weighted by Crippen LogP contribution is 2.27. The summed E-state index contributed by atoms with van der Waals surface area (Å²) in [5.74, 6) is 0.606. The molecule has 1 aliphatic heterocycles. The van der Waals surface area contributed by atoms with Gasteiger partial charge in [0.25, 0.3) is 0 Å². The second-order valence-electron chi connectivity index (χ2n) is 8.10. The summed E-state index contributed by atoms with van der Waals surface area (Å²) in [7, 11) is 0. The van der Waals surface area contributed by atoms with Crippen molar-refractivity contribution >= 4 is 41.0 Å². The molecule has 0 N–H and O–H groups in total. The number of halogens is 2. The van der Waals surface area contributed by atoms with Crippen LogP contribution in [0.4, 0.5) is 0 Å². The fraction of sp³-hybridized carbons (Fsp3) is 0.222. The number of benzene rings is 2. The first kappa shape index (κ1) is 24.0. The van der Waals surface area contributed by atoms with E-state index < -0.39 is 0 Å². The monoisotopic (exact) mass is 494 g/mol. The van der Waals surface area contributed by atoms with E-state index in [1.165, 1.54) is 0 Å². The lowest BCUT2D eigenvalue weighted by Crippen LogP contribution is -2.39. The Labute approximate surface area is 209 Å². The number of amides is 1. The van der Waals surface area contributed by atoms with Gasteiger partial charge in [0.1, 0.15) is 12.4 Å². The SMILES string of the molecule is O=C(c1ccc(Cl)c(Cl)c1)C1CCN(C(=O)C=Cc2ccc(OCc3ccccn3)cc2)CC1. The summed E-state index contributed by atoms with van der Waals surface area (Å²) in [5.41, 5.74) is 2.33. The van der Waals surface area contributed by atoms with Gasteiger partial charge in [-0.15, -0.1) is 0 Å². The van der Waals surface area contributed by atoms with Gasteiger partial charge in [-0.1, -0.05) is 41.4 Å². The van der Waals surface area contributed by atoms with Crippen LogP contribution in [-0.4, -0.2) is 34.7 Å². The lowest BCUT2D eigenvalue weighted by molar-refractivity contribution is -0.127. The second-order valence-corrected chi connectivity index (χ2v) is 8.92. The number of Topliss-reactive ketones (excluding diaryl/α,β-unsaturated/α-hetero) is 1. The minimum atomic E-state index is -0.121. The average Bonchev–Trinajstić information content (AvgIpc) is 2.88. The van der Waals surface area contributed by atoms with Crippen molar-refractivity contribution in [2.24, 2.45) is 5.92 Å². The van der Waals surface area contributed by atoms with E-state index in [4.69, 9.17) is 27.9 Å². The number of likely N-dealkylation sites (tertiary alicyclic amines) is 1. The summed E-state index contributed by atoms with van der Waals surface area (Å²) < 4.78 is 5.74. The van der Waals surface area contributed by atoms with Gasteiger partial charge in [0.05, 0.1) is 15.7 Å². The Balaban J connectivity index is 1.26. The number of piperidine rings is 1. The number of aromatic nitrogens is 1. The van der Waals surface area contributed by atoms with Crippen LogP contribution in [0.3, 0.4) is 0 Å². The molecule has 7 heteroatoms. The molecule has 3 aromatic rings. The third kappa shape index (κ3) is 6.25. The highest BCUT2D eigenvalue weighted by Gasteiger charge is 2.27. The van der Waals surface area contributed by atoms with Crippen molar-refractivity contribution in [3.8, 4) is 5.75 Å². The van der Waals surface area contributed by atoms with Crippen molar-refractivity contribution in [1.82, 2.24) is 9.88 Å². The van der Waals surface area contributed by atoms with Gasteiger partial charge in [-0.2, -0.15) is 0 Å². The van der Waals surface area contributed by atoms with Gasteiger partial charge in [-0.25, -0.2) is 0 Å². The van der Waals surface area contributed by atoms with E-state index in [1.807, 2.05) is 42.5 Å². The van der Waals surface area contributed by atoms with Crippen molar-refractivity contribution in [3.05, 3.63) is 99.8 Å². The van der Waals surface area contributed by atoms with E-state index in [2.05, 4.69) is 4.98 Å². The summed E-state index contributed by atoms with van der Waals surface area (Å²) in [4.78, 5) is 31.4.